The van der Waals surface area contributed by atoms with E-state index in [1.807, 2.05) is 0 Å². The van der Waals surface area contributed by atoms with Crippen molar-refractivity contribution in [1.29, 1.82) is 0 Å². The molecule has 224 valence electrons. The number of halogens is 2. The average molecular weight is 617 g/mol. The molecule has 42 heavy (non-hydrogen) atoms. The molecule has 0 amide bonds. The van der Waals surface area contributed by atoms with Crippen molar-refractivity contribution in [2.45, 2.75) is 52.0 Å². The maximum absolute atomic E-state index is 13.2. The Balaban J connectivity index is 0.000000171. The quantitative estimate of drug-likeness (QED) is 0.193. The molecule has 4 aliphatic rings. The lowest BCUT2D eigenvalue weighted by Gasteiger charge is -2.60. The molecule has 4 fully saturated rings. The highest BCUT2D eigenvalue weighted by atomic mass is 32.2. The van der Waals surface area contributed by atoms with Crippen LogP contribution in [0.15, 0.2) is 106 Å². The summed E-state index contributed by atoms with van der Waals surface area (Å²) in [5.74, 6) is -1.40. The fourth-order valence-electron chi connectivity index (χ4n) is 7.30. The van der Waals surface area contributed by atoms with Crippen LogP contribution >= 0.6 is 0 Å². The highest BCUT2D eigenvalue weighted by Gasteiger charge is 2.57. The second-order valence-electron chi connectivity index (χ2n) is 11.5. The van der Waals surface area contributed by atoms with Crippen LogP contribution in [0.2, 0.25) is 0 Å². The van der Waals surface area contributed by atoms with Crippen molar-refractivity contribution in [2.75, 3.05) is 13.2 Å². The summed E-state index contributed by atoms with van der Waals surface area (Å²) in [5.41, 5.74) is -0.444. The van der Waals surface area contributed by atoms with E-state index in [9.17, 15) is 31.7 Å². The van der Waals surface area contributed by atoms with E-state index in [0.29, 0.717) is 11.8 Å². The first-order valence-electron chi connectivity index (χ1n) is 14.0. The van der Waals surface area contributed by atoms with Crippen LogP contribution in [0.3, 0.4) is 0 Å². The standard InChI is InChI=1S/C18H15S.C14H20F2O6S/c1-4-10-16(11-5-1)19(17-12-6-2-7-13-17)18-14-8-3-9-15-18;15-14(16,23(19,20)21)12(18)22-6-11-10-2-8-1-9(3-10)5-13(11,4-8)7-17/h1-15H;8-11,17H,1-7H2,(H,19,20,21)/q+1;/p-1. The average Bonchev–Trinajstić information content (AvgIpc) is 2.98. The van der Waals surface area contributed by atoms with Crippen LogP contribution in [0, 0.1) is 29.1 Å². The molecule has 10 heteroatoms. The third kappa shape index (κ3) is 6.27. The number of ether oxygens (including phenoxy) is 1. The maximum atomic E-state index is 13.2. The molecule has 7 rings (SSSR count). The number of esters is 1. The van der Waals surface area contributed by atoms with Crippen molar-refractivity contribution in [1.82, 2.24) is 0 Å². The normalized spacial score (nSPS) is 26.4. The fourth-order valence-corrected chi connectivity index (χ4v) is 9.67. The van der Waals surface area contributed by atoms with E-state index in [2.05, 4.69) is 95.7 Å². The third-order valence-electron chi connectivity index (χ3n) is 8.88. The number of rotatable bonds is 8. The van der Waals surface area contributed by atoms with Crippen molar-refractivity contribution >= 4 is 27.0 Å². The zero-order chi connectivity index (χ0) is 30.0. The van der Waals surface area contributed by atoms with E-state index in [-0.39, 0.29) is 35.9 Å². The zero-order valence-corrected chi connectivity index (χ0v) is 24.6. The first-order chi connectivity index (χ1) is 20.0. The fraction of sp³-hybridized carbons (Fsp3) is 0.406. The van der Waals surface area contributed by atoms with Crippen LogP contribution in [0.4, 0.5) is 8.78 Å². The largest absolute Gasteiger partial charge is 0.743 e. The molecule has 0 saturated heterocycles. The number of alkyl halides is 2. The summed E-state index contributed by atoms with van der Waals surface area (Å²) in [6.45, 7) is -0.483. The van der Waals surface area contributed by atoms with Gasteiger partial charge in [-0.15, -0.1) is 0 Å². The lowest BCUT2D eigenvalue weighted by molar-refractivity contribution is -0.179. The van der Waals surface area contributed by atoms with Gasteiger partial charge < -0.3 is 14.4 Å². The highest BCUT2D eigenvalue weighted by molar-refractivity contribution is 7.97. The minimum atomic E-state index is -6.10. The molecule has 3 aromatic carbocycles. The minimum absolute atomic E-state index is 0.0146. The number of carbonyl (C=O) groups is 1. The van der Waals surface area contributed by atoms with Crippen LogP contribution in [0.5, 0.6) is 0 Å². The Kier molecular flexibility index (Phi) is 9.08. The van der Waals surface area contributed by atoms with Crippen molar-refractivity contribution in [2.24, 2.45) is 29.1 Å². The Morgan fingerprint density at radius 1 is 0.857 bits per heavy atom. The van der Waals surface area contributed by atoms with Crippen LogP contribution in [-0.2, 0) is 30.5 Å². The van der Waals surface area contributed by atoms with Gasteiger partial charge in [0.25, 0.3) is 0 Å². The van der Waals surface area contributed by atoms with Gasteiger partial charge >= 0.3 is 11.2 Å². The predicted octanol–water partition coefficient (Wildman–Crippen LogP) is 5.88. The van der Waals surface area contributed by atoms with Gasteiger partial charge in [-0.2, -0.15) is 8.78 Å². The van der Waals surface area contributed by atoms with E-state index in [4.69, 9.17) is 0 Å². The van der Waals surface area contributed by atoms with Gasteiger partial charge in [0.1, 0.15) is 0 Å². The summed E-state index contributed by atoms with van der Waals surface area (Å²) in [4.78, 5) is 15.4. The molecule has 3 atom stereocenters. The molecule has 0 spiro atoms. The van der Waals surface area contributed by atoms with E-state index in [1.54, 1.807) is 0 Å². The first kappa shape index (κ1) is 30.7. The van der Waals surface area contributed by atoms with E-state index < -0.39 is 26.8 Å². The van der Waals surface area contributed by atoms with Gasteiger partial charge in [-0.05, 0) is 86.3 Å². The Morgan fingerprint density at radius 2 is 1.29 bits per heavy atom. The smallest absolute Gasteiger partial charge is 0.428 e. The van der Waals surface area contributed by atoms with Crippen molar-refractivity contribution in [3.05, 3.63) is 91.0 Å². The summed E-state index contributed by atoms with van der Waals surface area (Å²) < 4.78 is 62.3. The van der Waals surface area contributed by atoms with Gasteiger partial charge in [0.05, 0.1) is 17.5 Å². The topological polar surface area (TPSA) is 104 Å². The second kappa shape index (κ2) is 12.4. The number of hydrogen-bond donors (Lipinski definition) is 1. The Hall–Kier alpha value is -2.79. The van der Waals surface area contributed by atoms with Gasteiger partial charge in [0.15, 0.2) is 24.8 Å². The predicted molar refractivity (Wildman–Crippen MR) is 154 cm³/mol. The highest BCUT2D eigenvalue weighted by Crippen LogP contribution is 2.62. The Bertz CT molecular complexity index is 1350. The lowest BCUT2D eigenvalue weighted by Crippen LogP contribution is -2.56. The number of aliphatic hydroxyl groups is 1. The van der Waals surface area contributed by atoms with Crippen LogP contribution in [0.1, 0.15) is 32.1 Å². The number of carbonyl (C=O) groups excluding carboxylic acids is 1. The van der Waals surface area contributed by atoms with Crippen molar-refractivity contribution in [3.63, 3.8) is 0 Å². The molecular weight excluding hydrogens is 582 g/mol. The van der Waals surface area contributed by atoms with E-state index in [0.717, 1.165) is 32.1 Å². The van der Waals surface area contributed by atoms with Crippen LogP contribution < -0.4 is 0 Å². The summed E-state index contributed by atoms with van der Waals surface area (Å²) in [6, 6.07) is 32.2. The van der Waals surface area contributed by atoms with E-state index in [1.165, 1.54) is 14.7 Å². The Labute approximate surface area is 248 Å². The maximum Gasteiger partial charge on any atom is 0.428 e. The summed E-state index contributed by atoms with van der Waals surface area (Å²) >= 11 is 0. The summed E-state index contributed by atoms with van der Waals surface area (Å²) in [7, 11) is -6.12. The molecule has 6 nitrogen and oxygen atoms in total. The molecular formula is C32H34F2O6S2. The molecule has 0 aromatic heterocycles. The van der Waals surface area contributed by atoms with Crippen molar-refractivity contribution in [3.8, 4) is 0 Å². The summed E-state index contributed by atoms with van der Waals surface area (Å²) in [6.07, 6.45) is 4.49. The lowest BCUT2D eigenvalue weighted by atomic mass is 9.45. The summed E-state index contributed by atoms with van der Waals surface area (Å²) in [5, 5.41) is 4.74. The molecule has 3 aromatic rings. The molecule has 0 radical (unpaired) electrons. The molecule has 3 unspecified atom stereocenters. The Morgan fingerprint density at radius 3 is 1.67 bits per heavy atom. The molecule has 0 heterocycles. The van der Waals surface area contributed by atoms with E-state index >= 15 is 0 Å². The molecule has 4 bridgehead atoms. The number of aliphatic hydroxyl groups excluding tert-OH is 1. The monoisotopic (exact) mass is 616 g/mol. The van der Waals surface area contributed by atoms with Crippen LogP contribution in [-0.4, -0.2) is 42.5 Å². The van der Waals surface area contributed by atoms with Gasteiger partial charge in [-0.25, -0.2) is 13.2 Å². The third-order valence-corrected chi connectivity index (χ3v) is 11.9. The van der Waals surface area contributed by atoms with Gasteiger partial charge in [0, 0.05) is 17.9 Å². The first-order valence-corrected chi connectivity index (χ1v) is 16.7. The van der Waals surface area contributed by atoms with Gasteiger partial charge in [-0.1, -0.05) is 54.6 Å². The van der Waals surface area contributed by atoms with Gasteiger partial charge in [-0.3, -0.25) is 0 Å². The zero-order valence-electron chi connectivity index (χ0n) is 23.0. The SMILES string of the molecule is O=C(OCC1C2CC3CC(C2)CC1(CO)C3)C(F)(F)S(=O)(=O)[O-].c1ccc([S+](c2ccccc2)c2ccccc2)cc1. The number of benzene rings is 3. The molecule has 4 aliphatic carbocycles. The van der Waals surface area contributed by atoms with Crippen molar-refractivity contribution < 1.29 is 36.4 Å². The molecule has 4 saturated carbocycles. The van der Waals surface area contributed by atoms with Crippen LogP contribution in [0.25, 0.3) is 0 Å². The van der Waals surface area contributed by atoms with Gasteiger partial charge in [0.2, 0.25) is 0 Å². The molecule has 1 N–H and O–H groups in total. The second-order valence-corrected chi connectivity index (χ2v) is 15.0. The molecule has 0 aliphatic heterocycles. The minimum Gasteiger partial charge on any atom is -0.743 e. The number of hydrogen-bond acceptors (Lipinski definition) is 6.